The molecule has 0 aliphatic carbocycles. The van der Waals surface area contributed by atoms with Crippen molar-refractivity contribution in [3.05, 3.63) is 59.1 Å². The van der Waals surface area contributed by atoms with E-state index in [1.165, 1.54) is 20.7 Å². The number of amides is 1. The Kier molecular flexibility index (Phi) is 9.12. The molecule has 12 heteroatoms. The molecule has 4 rings (SSSR count). The van der Waals surface area contributed by atoms with E-state index in [1.807, 2.05) is 0 Å². The van der Waals surface area contributed by atoms with Crippen molar-refractivity contribution in [2.24, 2.45) is 5.92 Å². The van der Waals surface area contributed by atoms with Crippen LogP contribution in [0.4, 0.5) is 0 Å². The first kappa shape index (κ1) is 27.8. The molecular formula is C25H32ClN3O6S2. The molecule has 2 aromatic rings. The lowest BCUT2D eigenvalue weighted by Crippen LogP contribution is -2.43. The van der Waals surface area contributed by atoms with E-state index in [2.05, 4.69) is 5.32 Å². The molecule has 2 saturated heterocycles. The van der Waals surface area contributed by atoms with Crippen molar-refractivity contribution in [3.63, 3.8) is 0 Å². The van der Waals surface area contributed by atoms with Gasteiger partial charge in [0.05, 0.1) is 17.2 Å². The zero-order valence-corrected chi connectivity index (χ0v) is 22.9. The minimum atomic E-state index is -3.49. The Bertz CT molecular complexity index is 1290. The number of sulfonamides is 2. The standard InChI is InChI=1S/C25H32ClN3O6S2/c26-22-5-3-4-20(18-22)19-36(31,32)28-15-10-21(11-16-28)25(30)27-12-17-35-23-6-8-24(9-7-23)37(33,34)29-13-1-2-14-29/h3-9,18,21H,1-2,10-17,19H2,(H,27,30). The fraction of sp³-hybridized carbons (Fsp3) is 0.480. The van der Waals surface area contributed by atoms with Gasteiger partial charge in [-0.05, 0) is 67.6 Å². The lowest BCUT2D eigenvalue weighted by atomic mass is 9.97. The Morgan fingerprint density at radius 3 is 2.27 bits per heavy atom. The molecule has 2 heterocycles. The smallest absolute Gasteiger partial charge is 0.243 e. The molecule has 0 unspecified atom stereocenters. The van der Waals surface area contributed by atoms with E-state index in [9.17, 15) is 21.6 Å². The lowest BCUT2D eigenvalue weighted by Gasteiger charge is -2.30. The first-order valence-electron chi connectivity index (χ1n) is 12.4. The van der Waals surface area contributed by atoms with E-state index in [-0.39, 0.29) is 29.1 Å². The predicted molar refractivity (Wildman–Crippen MR) is 141 cm³/mol. The Morgan fingerprint density at radius 2 is 1.62 bits per heavy atom. The molecule has 1 N–H and O–H groups in total. The summed E-state index contributed by atoms with van der Waals surface area (Å²) in [5.41, 5.74) is 0.634. The zero-order valence-electron chi connectivity index (χ0n) is 20.5. The van der Waals surface area contributed by atoms with Crippen LogP contribution in [0.5, 0.6) is 5.75 Å². The third-order valence-corrected chi connectivity index (χ3v) is 10.7. The fourth-order valence-electron chi connectivity index (χ4n) is 4.60. The number of rotatable bonds is 10. The van der Waals surface area contributed by atoms with Gasteiger partial charge >= 0.3 is 0 Å². The molecule has 2 fully saturated rings. The van der Waals surface area contributed by atoms with Crippen LogP contribution in [0, 0.1) is 5.92 Å². The fourth-order valence-corrected chi connectivity index (χ4v) is 7.88. The summed E-state index contributed by atoms with van der Waals surface area (Å²) in [6.45, 7) is 2.22. The SMILES string of the molecule is O=C(NCCOc1ccc(S(=O)(=O)N2CCCC2)cc1)C1CCN(S(=O)(=O)Cc2cccc(Cl)c2)CC1. The number of piperidine rings is 1. The number of carbonyl (C=O) groups excluding carboxylic acids is 1. The van der Waals surface area contributed by atoms with Crippen molar-refractivity contribution in [2.45, 2.75) is 36.3 Å². The van der Waals surface area contributed by atoms with Crippen LogP contribution in [0.15, 0.2) is 53.4 Å². The molecule has 0 atom stereocenters. The Hall–Kier alpha value is -2.18. The van der Waals surface area contributed by atoms with Crippen molar-refractivity contribution in [1.29, 1.82) is 0 Å². The lowest BCUT2D eigenvalue weighted by molar-refractivity contribution is -0.126. The maximum absolute atomic E-state index is 12.8. The van der Waals surface area contributed by atoms with Gasteiger partial charge in [0, 0.05) is 37.1 Å². The molecule has 0 radical (unpaired) electrons. The van der Waals surface area contributed by atoms with Gasteiger partial charge in [0.2, 0.25) is 26.0 Å². The van der Waals surface area contributed by atoms with E-state index in [4.69, 9.17) is 16.3 Å². The van der Waals surface area contributed by atoms with E-state index in [1.54, 1.807) is 36.4 Å². The average molecular weight is 570 g/mol. The minimum absolute atomic E-state index is 0.118. The van der Waals surface area contributed by atoms with Crippen molar-refractivity contribution in [2.75, 3.05) is 39.3 Å². The highest BCUT2D eigenvalue weighted by Crippen LogP contribution is 2.24. The number of hydrogen-bond acceptors (Lipinski definition) is 6. The van der Waals surface area contributed by atoms with E-state index in [0.717, 1.165) is 12.8 Å². The second kappa shape index (κ2) is 12.1. The summed E-state index contributed by atoms with van der Waals surface area (Å²) in [7, 11) is -6.95. The summed E-state index contributed by atoms with van der Waals surface area (Å²) in [6.07, 6.45) is 2.67. The maximum Gasteiger partial charge on any atom is 0.243 e. The highest BCUT2D eigenvalue weighted by Gasteiger charge is 2.31. The van der Waals surface area contributed by atoms with Crippen LogP contribution >= 0.6 is 11.6 Å². The number of halogens is 1. The second-order valence-corrected chi connectivity index (χ2v) is 13.6. The zero-order chi connectivity index (χ0) is 26.5. The number of benzene rings is 2. The highest BCUT2D eigenvalue weighted by molar-refractivity contribution is 7.89. The summed E-state index contributed by atoms with van der Waals surface area (Å²) in [4.78, 5) is 12.8. The van der Waals surface area contributed by atoms with Crippen LogP contribution in [-0.2, 0) is 30.6 Å². The highest BCUT2D eigenvalue weighted by atomic mass is 35.5. The van der Waals surface area contributed by atoms with Gasteiger partial charge in [-0.2, -0.15) is 4.31 Å². The monoisotopic (exact) mass is 569 g/mol. The number of hydrogen-bond donors (Lipinski definition) is 1. The van der Waals surface area contributed by atoms with Gasteiger partial charge < -0.3 is 10.1 Å². The van der Waals surface area contributed by atoms with Crippen molar-refractivity contribution >= 4 is 37.6 Å². The quantitative estimate of drug-likeness (QED) is 0.440. The topological polar surface area (TPSA) is 113 Å². The van der Waals surface area contributed by atoms with Gasteiger partial charge in [-0.1, -0.05) is 23.7 Å². The predicted octanol–water partition coefficient (Wildman–Crippen LogP) is 2.86. The van der Waals surface area contributed by atoms with Crippen molar-refractivity contribution < 1.29 is 26.4 Å². The molecule has 2 aliphatic rings. The van der Waals surface area contributed by atoms with E-state index < -0.39 is 20.0 Å². The van der Waals surface area contributed by atoms with Crippen LogP contribution in [0.3, 0.4) is 0 Å². The Morgan fingerprint density at radius 1 is 0.946 bits per heavy atom. The van der Waals surface area contributed by atoms with Crippen molar-refractivity contribution in [3.8, 4) is 5.75 Å². The molecule has 0 aromatic heterocycles. The Labute approximate surface area is 223 Å². The van der Waals surface area contributed by atoms with E-state index >= 15 is 0 Å². The van der Waals surface area contributed by atoms with Gasteiger partial charge in [0.25, 0.3) is 0 Å². The summed E-state index contributed by atoms with van der Waals surface area (Å²) in [5.74, 6) is 0.0236. The average Bonchev–Trinajstić information content (AvgIpc) is 3.43. The summed E-state index contributed by atoms with van der Waals surface area (Å²) in [5, 5.41) is 3.34. The summed E-state index contributed by atoms with van der Waals surface area (Å²) >= 11 is 5.96. The molecule has 1 amide bonds. The van der Waals surface area contributed by atoms with Crippen LogP contribution < -0.4 is 10.1 Å². The molecule has 0 bridgehead atoms. The molecular weight excluding hydrogens is 538 g/mol. The van der Waals surface area contributed by atoms with Crippen LogP contribution in [-0.4, -0.2) is 70.7 Å². The minimum Gasteiger partial charge on any atom is -0.492 e. The first-order valence-corrected chi connectivity index (χ1v) is 15.8. The Balaban J connectivity index is 1.18. The molecule has 0 spiro atoms. The van der Waals surface area contributed by atoms with Crippen LogP contribution in [0.2, 0.25) is 5.02 Å². The second-order valence-electron chi connectivity index (χ2n) is 9.28. The van der Waals surface area contributed by atoms with Gasteiger partial charge in [0.15, 0.2) is 0 Å². The van der Waals surface area contributed by atoms with Gasteiger partial charge in [-0.15, -0.1) is 0 Å². The molecule has 9 nitrogen and oxygen atoms in total. The normalized spacial score (nSPS) is 18.1. The summed E-state index contributed by atoms with van der Waals surface area (Å²) < 4.78 is 59.3. The molecule has 37 heavy (non-hydrogen) atoms. The molecule has 202 valence electrons. The number of carbonyl (C=O) groups is 1. The van der Waals surface area contributed by atoms with Crippen LogP contribution in [0.25, 0.3) is 0 Å². The van der Waals surface area contributed by atoms with Crippen molar-refractivity contribution in [1.82, 2.24) is 13.9 Å². The van der Waals surface area contributed by atoms with Gasteiger partial charge in [0.1, 0.15) is 12.4 Å². The first-order chi connectivity index (χ1) is 17.6. The van der Waals surface area contributed by atoms with E-state index in [0.29, 0.717) is 61.9 Å². The third kappa shape index (κ3) is 7.23. The molecule has 0 saturated carbocycles. The number of ether oxygens (including phenoxy) is 1. The maximum atomic E-state index is 12.8. The third-order valence-electron chi connectivity index (χ3n) is 6.65. The van der Waals surface area contributed by atoms with Gasteiger partial charge in [-0.3, -0.25) is 4.79 Å². The number of nitrogens with one attached hydrogen (secondary N) is 1. The largest absolute Gasteiger partial charge is 0.492 e. The van der Waals surface area contributed by atoms with Gasteiger partial charge in [-0.25, -0.2) is 21.1 Å². The molecule has 2 aromatic carbocycles. The summed E-state index contributed by atoms with van der Waals surface area (Å²) in [6, 6.07) is 13.1. The molecule has 2 aliphatic heterocycles. The van der Waals surface area contributed by atoms with Crippen LogP contribution in [0.1, 0.15) is 31.2 Å². The number of nitrogens with zero attached hydrogens (tertiary/aromatic N) is 2.